The van der Waals surface area contributed by atoms with Crippen molar-refractivity contribution in [2.45, 2.75) is 32.2 Å². The van der Waals surface area contributed by atoms with Gasteiger partial charge < -0.3 is 9.84 Å². The normalized spacial score (nSPS) is 14.5. The largest absolute Gasteiger partial charge is 0.390 e. The van der Waals surface area contributed by atoms with Crippen LogP contribution in [-0.4, -0.2) is 17.3 Å². The van der Waals surface area contributed by atoms with Crippen LogP contribution in [0.15, 0.2) is 43.0 Å². The van der Waals surface area contributed by atoms with Gasteiger partial charge in [0.15, 0.2) is 0 Å². The second-order valence-corrected chi connectivity index (χ2v) is 3.59. The fourth-order valence-corrected chi connectivity index (χ4v) is 1.28. The molecule has 1 rings (SSSR count). The molecule has 1 aromatic carbocycles. The third-order valence-electron chi connectivity index (χ3n) is 2.31. The van der Waals surface area contributed by atoms with Gasteiger partial charge in [0.25, 0.3) is 0 Å². The second kappa shape index (κ2) is 6.38. The molecule has 0 radical (unpaired) electrons. The van der Waals surface area contributed by atoms with E-state index in [1.165, 1.54) is 0 Å². The van der Waals surface area contributed by atoms with Gasteiger partial charge in [-0.25, -0.2) is 0 Å². The highest BCUT2D eigenvalue weighted by molar-refractivity contribution is 5.13. The van der Waals surface area contributed by atoms with Gasteiger partial charge in [-0.3, -0.25) is 0 Å². The van der Waals surface area contributed by atoms with E-state index in [1.54, 1.807) is 6.08 Å². The Bertz CT molecular complexity index is 282. The van der Waals surface area contributed by atoms with Crippen molar-refractivity contribution in [2.75, 3.05) is 0 Å². The van der Waals surface area contributed by atoms with Crippen LogP contribution in [0, 0.1) is 0 Å². The summed E-state index contributed by atoms with van der Waals surface area (Å²) in [6.07, 6.45) is 1.64. The van der Waals surface area contributed by atoms with E-state index in [1.807, 2.05) is 37.3 Å². The van der Waals surface area contributed by atoms with Crippen LogP contribution >= 0.6 is 0 Å². The molecule has 0 saturated carbocycles. The molecule has 82 valence electrons. The molecular weight excluding hydrogens is 188 g/mol. The number of hydrogen-bond acceptors (Lipinski definition) is 2. The monoisotopic (exact) mass is 206 g/mol. The summed E-state index contributed by atoms with van der Waals surface area (Å²) in [6.45, 7) is 6.00. The van der Waals surface area contributed by atoms with Gasteiger partial charge in [0, 0.05) is 0 Å². The molecule has 0 saturated heterocycles. The van der Waals surface area contributed by atoms with Crippen molar-refractivity contribution >= 4 is 0 Å². The standard InChI is InChI=1S/C13H18O2/c1-3-7-13(14)11(2)15-10-12-8-5-4-6-9-12/h3-6,8-9,11,13-14H,1,7,10H2,2H3/t11-,13-/m0/s1. The van der Waals surface area contributed by atoms with Crippen LogP contribution in [0.5, 0.6) is 0 Å². The fourth-order valence-electron chi connectivity index (χ4n) is 1.28. The minimum atomic E-state index is -0.466. The van der Waals surface area contributed by atoms with Gasteiger partial charge in [0.1, 0.15) is 0 Å². The van der Waals surface area contributed by atoms with Gasteiger partial charge in [0.2, 0.25) is 0 Å². The fraction of sp³-hybridized carbons (Fsp3) is 0.385. The molecule has 0 heterocycles. The Hall–Kier alpha value is -1.12. The number of aliphatic hydroxyl groups is 1. The van der Waals surface area contributed by atoms with E-state index in [0.717, 1.165) is 5.56 Å². The molecule has 0 aliphatic rings. The van der Waals surface area contributed by atoms with Crippen molar-refractivity contribution in [3.63, 3.8) is 0 Å². The van der Waals surface area contributed by atoms with Crippen molar-refractivity contribution in [1.82, 2.24) is 0 Å². The van der Waals surface area contributed by atoms with Gasteiger partial charge in [-0.1, -0.05) is 36.4 Å². The van der Waals surface area contributed by atoms with Crippen molar-refractivity contribution in [2.24, 2.45) is 0 Å². The number of rotatable bonds is 6. The van der Waals surface area contributed by atoms with E-state index in [2.05, 4.69) is 6.58 Å². The van der Waals surface area contributed by atoms with Gasteiger partial charge in [-0.2, -0.15) is 0 Å². The van der Waals surface area contributed by atoms with Gasteiger partial charge in [0.05, 0.1) is 18.8 Å². The Balaban J connectivity index is 2.34. The van der Waals surface area contributed by atoms with Crippen LogP contribution in [0.1, 0.15) is 18.9 Å². The van der Waals surface area contributed by atoms with Crippen LogP contribution in [-0.2, 0) is 11.3 Å². The first kappa shape index (κ1) is 12.0. The Morgan fingerprint density at radius 1 is 1.40 bits per heavy atom. The summed E-state index contributed by atoms with van der Waals surface area (Å²) in [5.41, 5.74) is 1.12. The molecule has 0 amide bonds. The molecule has 2 atom stereocenters. The molecular formula is C13H18O2. The summed E-state index contributed by atoms with van der Waals surface area (Å²) >= 11 is 0. The average Bonchev–Trinajstić information content (AvgIpc) is 2.27. The predicted octanol–water partition coefficient (Wildman–Crippen LogP) is 2.53. The summed E-state index contributed by atoms with van der Waals surface area (Å²) in [5, 5.41) is 9.60. The first-order valence-corrected chi connectivity index (χ1v) is 5.18. The van der Waals surface area contributed by atoms with E-state index < -0.39 is 6.10 Å². The van der Waals surface area contributed by atoms with Crippen LogP contribution < -0.4 is 0 Å². The highest BCUT2D eigenvalue weighted by Gasteiger charge is 2.12. The number of benzene rings is 1. The molecule has 0 spiro atoms. The van der Waals surface area contributed by atoms with Crippen LogP contribution in [0.3, 0.4) is 0 Å². The zero-order chi connectivity index (χ0) is 11.1. The van der Waals surface area contributed by atoms with E-state index in [4.69, 9.17) is 4.74 Å². The van der Waals surface area contributed by atoms with Gasteiger partial charge >= 0.3 is 0 Å². The predicted molar refractivity (Wildman–Crippen MR) is 61.5 cm³/mol. The second-order valence-electron chi connectivity index (χ2n) is 3.59. The number of hydrogen-bond donors (Lipinski definition) is 1. The molecule has 1 N–H and O–H groups in total. The summed E-state index contributed by atoms with van der Waals surface area (Å²) in [6, 6.07) is 9.94. The first-order chi connectivity index (χ1) is 7.24. The molecule has 0 unspecified atom stereocenters. The third-order valence-corrected chi connectivity index (χ3v) is 2.31. The molecule has 0 aliphatic carbocycles. The van der Waals surface area contributed by atoms with Crippen LogP contribution in [0.4, 0.5) is 0 Å². The highest BCUT2D eigenvalue weighted by Crippen LogP contribution is 2.08. The summed E-state index contributed by atoms with van der Waals surface area (Å²) in [5.74, 6) is 0. The lowest BCUT2D eigenvalue weighted by atomic mass is 10.1. The van der Waals surface area contributed by atoms with Gasteiger partial charge in [-0.05, 0) is 18.9 Å². The first-order valence-electron chi connectivity index (χ1n) is 5.18. The third kappa shape index (κ3) is 4.28. The van der Waals surface area contributed by atoms with Crippen molar-refractivity contribution in [1.29, 1.82) is 0 Å². The lowest BCUT2D eigenvalue weighted by molar-refractivity contribution is -0.0333. The maximum absolute atomic E-state index is 9.60. The minimum absolute atomic E-state index is 0.164. The Labute approximate surface area is 91.2 Å². The number of aliphatic hydroxyl groups excluding tert-OH is 1. The van der Waals surface area contributed by atoms with Gasteiger partial charge in [-0.15, -0.1) is 6.58 Å². The maximum atomic E-state index is 9.60. The molecule has 2 heteroatoms. The molecule has 0 bridgehead atoms. The quantitative estimate of drug-likeness (QED) is 0.725. The molecule has 0 fully saturated rings. The molecule has 1 aromatic rings. The van der Waals surface area contributed by atoms with Crippen molar-refractivity contribution in [3.05, 3.63) is 48.6 Å². The highest BCUT2D eigenvalue weighted by atomic mass is 16.5. The topological polar surface area (TPSA) is 29.5 Å². The van der Waals surface area contributed by atoms with Crippen molar-refractivity contribution < 1.29 is 9.84 Å². The maximum Gasteiger partial charge on any atom is 0.0833 e. The smallest absolute Gasteiger partial charge is 0.0833 e. The molecule has 2 nitrogen and oxygen atoms in total. The van der Waals surface area contributed by atoms with E-state index in [9.17, 15) is 5.11 Å². The Kier molecular flexibility index (Phi) is 5.08. The lowest BCUT2D eigenvalue weighted by Gasteiger charge is -2.18. The summed E-state index contributed by atoms with van der Waals surface area (Å²) in [7, 11) is 0. The molecule has 0 aliphatic heterocycles. The lowest BCUT2D eigenvalue weighted by Crippen LogP contribution is -2.25. The zero-order valence-electron chi connectivity index (χ0n) is 9.10. The van der Waals surface area contributed by atoms with Crippen molar-refractivity contribution in [3.8, 4) is 0 Å². The van der Waals surface area contributed by atoms with E-state index in [-0.39, 0.29) is 6.10 Å². The molecule has 15 heavy (non-hydrogen) atoms. The summed E-state index contributed by atoms with van der Waals surface area (Å²) in [4.78, 5) is 0. The average molecular weight is 206 g/mol. The Morgan fingerprint density at radius 3 is 2.67 bits per heavy atom. The van der Waals surface area contributed by atoms with E-state index in [0.29, 0.717) is 13.0 Å². The molecule has 0 aromatic heterocycles. The van der Waals surface area contributed by atoms with Crippen LogP contribution in [0.2, 0.25) is 0 Å². The zero-order valence-corrected chi connectivity index (χ0v) is 9.10. The van der Waals surface area contributed by atoms with Crippen LogP contribution in [0.25, 0.3) is 0 Å². The minimum Gasteiger partial charge on any atom is -0.390 e. The van der Waals surface area contributed by atoms with E-state index >= 15 is 0 Å². The SMILES string of the molecule is C=CC[C@H](O)[C@H](C)OCc1ccccc1. The Morgan fingerprint density at radius 2 is 2.07 bits per heavy atom. The summed E-state index contributed by atoms with van der Waals surface area (Å²) < 4.78 is 5.54. The number of ether oxygens (including phenoxy) is 1.